The summed E-state index contributed by atoms with van der Waals surface area (Å²) in [6.45, 7) is 1.90. The molecule has 1 saturated heterocycles. The number of ether oxygens (including phenoxy) is 1. The van der Waals surface area contributed by atoms with E-state index in [-0.39, 0.29) is 5.60 Å². The van der Waals surface area contributed by atoms with Crippen molar-refractivity contribution in [3.63, 3.8) is 0 Å². The minimum atomic E-state index is 0.00606. The first-order valence-corrected chi connectivity index (χ1v) is 5.68. The third-order valence-corrected chi connectivity index (χ3v) is 3.31. The Morgan fingerprint density at radius 2 is 2.00 bits per heavy atom. The van der Waals surface area contributed by atoms with Crippen LogP contribution in [0.3, 0.4) is 0 Å². The van der Waals surface area contributed by atoms with Crippen molar-refractivity contribution in [2.45, 2.75) is 12.0 Å². The number of methoxy groups -OCH3 is 1. The Morgan fingerprint density at radius 3 is 2.50 bits per heavy atom. The predicted octanol–water partition coefficient (Wildman–Crippen LogP) is 1.28. The summed E-state index contributed by atoms with van der Waals surface area (Å²) in [4.78, 5) is 2.16. The van der Waals surface area contributed by atoms with E-state index in [0.717, 1.165) is 19.5 Å². The van der Waals surface area contributed by atoms with Gasteiger partial charge in [-0.05, 0) is 11.6 Å². The molecular weight excluding hydrogens is 200 g/mol. The van der Waals surface area contributed by atoms with Crippen molar-refractivity contribution in [1.29, 1.82) is 0 Å². The maximum atomic E-state index is 5.63. The fourth-order valence-electron chi connectivity index (χ4n) is 2.19. The van der Waals surface area contributed by atoms with Crippen LogP contribution in [0.25, 0.3) is 0 Å². The molecule has 0 saturated carbocycles. The van der Waals surface area contributed by atoms with Crippen molar-refractivity contribution < 1.29 is 4.74 Å². The van der Waals surface area contributed by atoms with Crippen LogP contribution in [0.15, 0.2) is 24.3 Å². The topological polar surface area (TPSA) is 24.5 Å². The molecule has 0 radical (unpaired) electrons. The second-order valence-corrected chi connectivity index (χ2v) is 4.69. The molecule has 0 spiro atoms. The van der Waals surface area contributed by atoms with Crippen molar-refractivity contribution in [2.75, 3.05) is 39.2 Å². The minimum absolute atomic E-state index is 0.00606. The zero-order valence-electron chi connectivity index (χ0n) is 10.3. The van der Waals surface area contributed by atoms with Crippen LogP contribution >= 0.6 is 0 Å². The van der Waals surface area contributed by atoms with E-state index >= 15 is 0 Å². The maximum absolute atomic E-state index is 5.63. The van der Waals surface area contributed by atoms with Crippen LogP contribution in [0.4, 0.5) is 5.69 Å². The lowest BCUT2D eigenvalue weighted by molar-refractivity contribution is -0.0501. The third kappa shape index (κ3) is 2.06. The highest BCUT2D eigenvalue weighted by Gasteiger charge is 2.37. The number of rotatable bonds is 4. The lowest BCUT2D eigenvalue weighted by Crippen LogP contribution is -2.61. The lowest BCUT2D eigenvalue weighted by atomic mass is 9.88. The fourth-order valence-corrected chi connectivity index (χ4v) is 2.19. The Labute approximate surface area is 97.4 Å². The Bertz CT molecular complexity index is 353. The van der Waals surface area contributed by atoms with Crippen LogP contribution < -0.4 is 10.2 Å². The number of nitrogens with zero attached hydrogens (tertiary/aromatic N) is 1. The molecule has 3 heteroatoms. The van der Waals surface area contributed by atoms with Gasteiger partial charge < -0.3 is 15.0 Å². The van der Waals surface area contributed by atoms with Crippen molar-refractivity contribution in [1.82, 2.24) is 5.32 Å². The number of anilines is 1. The number of hydrogen-bond acceptors (Lipinski definition) is 3. The van der Waals surface area contributed by atoms with Crippen molar-refractivity contribution in [2.24, 2.45) is 0 Å². The first-order chi connectivity index (χ1) is 7.67. The highest BCUT2D eigenvalue weighted by molar-refractivity contribution is 5.53. The second-order valence-electron chi connectivity index (χ2n) is 4.69. The monoisotopic (exact) mass is 220 g/mol. The Morgan fingerprint density at radius 1 is 1.31 bits per heavy atom. The van der Waals surface area contributed by atoms with Crippen LogP contribution in [-0.2, 0) is 11.2 Å². The van der Waals surface area contributed by atoms with Crippen LogP contribution in [0.2, 0.25) is 0 Å². The molecule has 1 aliphatic heterocycles. The first kappa shape index (κ1) is 11.4. The lowest BCUT2D eigenvalue weighted by Gasteiger charge is -2.42. The smallest absolute Gasteiger partial charge is 0.0966 e. The normalized spacial score (nSPS) is 17.9. The van der Waals surface area contributed by atoms with Crippen LogP contribution in [0.5, 0.6) is 0 Å². The van der Waals surface area contributed by atoms with E-state index in [9.17, 15) is 0 Å². The van der Waals surface area contributed by atoms with Gasteiger partial charge in [0, 0.05) is 46.4 Å². The van der Waals surface area contributed by atoms with Crippen LogP contribution in [0, 0.1) is 0 Å². The van der Waals surface area contributed by atoms with E-state index < -0.39 is 0 Å². The molecule has 0 aliphatic carbocycles. The number of nitrogens with one attached hydrogen (secondary N) is 1. The van der Waals surface area contributed by atoms with Gasteiger partial charge in [0.15, 0.2) is 0 Å². The second kappa shape index (κ2) is 4.44. The maximum Gasteiger partial charge on any atom is 0.0966 e. The highest BCUT2D eigenvalue weighted by atomic mass is 16.5. The molecule has 3 nitrogen and oxygen atoms in total. The zero-order valence-corrected chi connectivity index (χ0v) is 10.3. The molecule has 0 unspecified atom stereocenters. The highest BCUT2D eigenvalue weighted by Crippen LogP contribution is 2.27. The minimum Gasteiger partial charge on any atom is -0.377 e. The van der Waals surface area contributed by atoms with E-state index in [1.807, 2.05) is 0 Å². The Hall–Kier alpha value is -1.06. The van der Waals surface area contributed by atoms with Gasteiger partial charge in [-0.1, -0.05) is 18.2 Å². The molecule has 1 N–H and O–H groups in total. The summed E-state index contributed by atoms with van der Waals surface area (Å²) in [7, 11) is 5.97. The predicted molar refractivity (Wildman–Crippen MR) is 67.1 cm³/mol. The van der Waals surface area contributed by atoms with Gasteiger partial charge >= 0.3 is 0 Å². The molecule has 0 bridgehead atoms. The Balaban J connectivity index is 2.20. The van der Waals surface area contributed by atoms with E-state index in [4.69, 9.17) is 4.74 Å². The van der Waals surface area contributed by atoms with Gasteiger partial charge in [-0.3, -0.25) is 0 Å². The molecular formula is C13H20N2O. The summed E-state index contributed by atoms with van der Waals surface area (Å²) in [6, 6.07) is 8.52. The standard InChI is InChI=1S/C13H20N2O/c1-15(2)12-7-5-4-6-11(12)8-13(16-3)9-14-10-13/h4-7,14H,8-10H2,1-3H3. The molecule has 88 valence electrons. The van der Waals surface area contributed by atoms with E-state index in [2.05, 4.69) is 48.6 Å². The molecule has 1 heterocycles. The molecule has 2 rings (SSSR count). The summed E-state index contributed by atoms with van der Waals surface area (Å²) in [5, 5.41) is 3.28. The van der Waals surface area contributed by atoms with Crippen molar-refractivity contribution >= 4 is 5.69 Å². The van der Waals surface area contributed by atoms with Gasteiger partial charge in [0.2, 0.25) is 0 Å². The third-order valence-electron chi connectivity index (χ3n) is 3.31. The van der Waals surface area contributed by atoms with Gasteiger partial charge in [-0.15, -0.1) is 0 Å². The van der Waals surface area contributed by atoms with Crippen molar-refractivity contribution in [3.8, 4) is 0 Å². The zero-order chi connectivity index (χ0) is 11.6. The fraction of sp³-hybridized carbons (Fsp3) is 0.538. The number of para-hydroxylation sites is 1. The number of hydrogen-bond donors (Lipinski definition) is 1. The van der Waals surface area contributed by atoms with Crippen molar-refractivity contribution in [3.05, 3.63) is 29.8 Å². The molecule has 16 heavy (non-hydrogen) atoms. The molecule has 1 aromatic carbocycles. The van der Waals surface area contributed by atoms with Crippen LogP contribution in [0.1, 0.15) is 5.56 Å². The van der Waals surface area contributed by atoms with Gasteiger partial charge in [-0.25, -0.2) is 0 Å². The molecule has 1 fully saturated rings. The summed E-state index contributed by atoms with van der Waals surface area (Å²) < 4.78 is 5.63. The average molecular weight is 220 g/mol. The number of benzene rings is 1. The Kier molecular flexibility index (Phi) is 3.17. The van der Waals surface area contributed by atoms with Gasteiger partial charge in [0.25, 0.3) is 0 Å². The molecule has 0 aromatic heterocycles. The molecule has 0 amide bonds. The molecule has 1 aliphatic rings. The summed E-state index contributed by atoms with van der Waals surface area (Å²) in [5.74, 6) is 0. The summed E-state index contributed by atoms with van der Waals surface area (Å²) >= 11 is 0. The van der Waals surface area contributed by atoms with Gasteiger partial charge in [-0.2, -0.15) is 0 Å². The van der Waals surface area contributed by atoms with Crippen LogP contribution in [-0.4, -0.2) is 39.9 Å². The quantitative estimate of drug-likeness (QED) is 0.827. The summed E-state index contributed by atoms with van der Waals surface area (Å²) in [5.41, 5.74) is 2.65. The molecule has 1 aromatic rings. The first-order valence-electron chi connectivity index (χ1n) is 5.68. The van der Waals surface area contributed by atoms with E-state index in [1.165, 1.54) is 11.3 Å². The van der Waals surface area contributed by atoms with E-state index in [1.54, 1.807) is 7.11 Å². The van der Waals surface area contributed by atoms with Gasteiger partial charge in [0.05, 0.1) is 5.60 Å². The average Bonchev–Trinajstić information content (AvgIpc) is 2.24. The largest absolute Gasteiger partial charge is 0.377 e. The SMILES string of the molecule is COC1(Cc2ccccc2N(C)C)CNC1. The molecule has 0 atom stereocenters. The van der Waals surface area contributed by atoms with Gasteiger partial charge in [0.1, 0.15) is 0 Å². The summed E-state index contributed by atoms with van der Waals surface area (Å²) in [6.07, 6.45) is 0.977. The van der Waals surface area contributed by atoms with E-state index in [0.29, 0.717) is 0 Å².